The van der Waals surface area contributed by atoms with Crippen molar-refractivity contribution in [2.24, 2.45) is 0 Å². The van der Waals surface area contributed by atoms with E-state index in [2.05, 4.69) is 228 Å². The van der Waals surface area contributed by atoms with Crippen LogP contribution in [0.3, 0.4) is 0 Å². The van der Waals surface area contributed by atoms with Crippen LogP contribution in [0.2, 0.25) is 0 Å². The second-order valence-electron chi connectivity index (χ2n) is 13.0. The Labute approximate surface area is 308 Å². The zero-order valence-electron chi connectivity index (χ0n) is 28.6. The molecule has 0 aromatic heterocycles. The van der Waals surface area contributed by atoms with E-state index in [9.17, 15) is 0 Å². The van der Waals surface area contributed by atoms with Gasteiger partial charge in [0.1, 0.15) is 0 Å². The van der Waals surface area contributed by atoms with Crippen LogP contribution in [0, 0.1) is 0 Å². The van der Waals surface area contributed by atoms with Gasteiger partial charge in [-0.2, -0.15) is 0 Å². The van der Waals surface area contributed by atoms with E-state index in [4.69, 9.17) is 4.74 Å². The van der Waals surface area contributed by atoms with E-state index in [-0.39, 0.29) is 0 Å². The third kappa shape index (κ3) is 5.56. The predicted molar refractivity (Wildman–Crippen MR) is 219 cm³/mol. The van der Waals surface area contributed by atoms with Gasteiger partial charge in [-0.3, -0.25) is 0 Å². The molecule has 8 aromatic rings. The molecule has 0 N–H and O–H groups in total. The summed E-state index contributed by atoms with van der Waals surface area (Å²) in [6, 6.07) is 78.3. The maximum absolute atomic E-state index is 7.19. The summed E-state index contributed by atoms with van der Waals surface area (Å²) in [4.78, 5) is 4.61. The van der Waals surface area contributed by atoms with Gasteiger partial charge in [-0.1, -0.05) is 0 Å². The molecule has 0 atom stereocenters. The number of para-hydroxylation sites is 4. The molecule has 0 unspecified atom stereocenters. The SMILES string of the molecule is c1ccc(N(c2ccccc2)c2cc[c]3c(c2)Oc2cc(N(c4ccccc4)c4ccccc4)cc[c]2[Ge]3([c]2ccccc2)[c]2ccccc2)cc1. The van der Waals surface area contributed by atoms with Crippen molar-refractivity contribution in [2.75, 3.05) is 9.80 Å². The van der Waals surface area contributed by atoms with E-state index in [1.807, 2.05) is 0 Å². The topological polar surface area (TPSA) is 15.7 Å². The van der Waals surface area contributed by atoms with Crippen molar-refractivity contribution in [3.8, 4) is 11.5 Å². The third-order valence-corrected chi connectivity index (χ3v) is 20.1. The zero-order valence-corrected chi connectivity index (χ0v) is 30.7. The molecular formula is C48H36GeN2O. The molecular weight excluding hydrogens is 693 g/mol. The number of anilines is 6. The molecule has 248 valence electrons. The van der Waals surface area contributed by atoms with Crippen LogP contribution in [-0.2, 0) is 0 Å². The van der Waals surface area contributed by atoms with Crippen molar-refractivity contribution in [1.82, 2.24) is 0 Å². The van der Waals surface area contributed by atoms with E-state index < -0.39 is 13.3 Å². The van der Waals surface area contributed by atoms with Crippen LogP contribution in [0.1, 0.15) is 0 Å². The molecule has 1 aliphatic heterocycles. The molecule has 0 aliphatic carbocycles. The van der Waals surface area contributed by atoms with Gasteiger partial charge in [0.15, 0.2) is 0 Å². The number of ether oxygens (including phenoxy) is 1. The van der Waals surface area contributed by atoms with Gasteiger partial charge in [-0.15, -0.1) is 0 Å². The molecule has 9 rings (SSSR count). The normalized spacial score (nSPS) is 12.5. The first kappa shape index (κ1) is 31.7. The Kier molecular flexibility index (Phi) is 8.39. The Bertz CT molecular complexity index is 2170. The average molecular weight is 729 g/mol. The fourth-order valence-electron chi connectivity index (χ4n) is 7.72. The van der Waals surface area contributed by atoms with E-state index in [1.54, 1.807) is 0 Å². The molecule has 3 nitrogen and oxygen atoms in total. The van der Waals surface area contributed by atoms with Crippen molar-refractivity contribution in [3.63, 3.8) is 0 Å². The van der Waals surface area contributed by atoms with Crippen molar-refractivity contribution < 1.29 is 4.74 Å². The molecule has 0 amide bonds. The molecule has 8 aromatic carbocycles. The molecule has 0 radical (unpaired) electrons. The molecule has 4 heteroatoms. The summed E-state index contributed by atoms with van der Waals surface area (Å²) in [7, 11) is 0. The third-order valence-electron chi connectivity index (χ3n) is 9.95. The van der Waals surface area contributed by atoms with Crippen molar-refractivity contribution in [3.05, 3.63) is 218 Å². The summed E-state index contributed by atoms with van der Waals surface area (Å²) < 4.78 is 12.5. The van der Waals surface area contributed by atoms with Gasteiger partial charge < -0.3 is 0 Å². The van der Waals surface area contributed by atoms with Crippen LogP contribution in [0.5, 0.6) is 11.5 Å². The monoisotopic (exact) mass is 730 g/mol. The van der Waals surface area contributed by atoms with Gasteiger partial charge >= 0.3 is 309 Å². The maximum atomic E-state index is 7.19. The fourth-order valence-corrected chi connectivity index (χ4v) is 18.0. The van der Waals surface area contributed by atoms with Crippen molar-refractivity contribution >= 4 is 65.0 Å². The van der Waals surface area contributed by atoms with Crippen LogP contribution in [0.25, 0.3) is 0 Å². The van der Waals surface area contributed by atoms with Gasteiger partial charge in [-0.25, -0.2) is 0 Å². The molecule has 0 fully saturated rings. The predicted octanol–water partition coefficient (Wildman–Crippen LogP) is 10.1. The quantitative estimate of drug-likeness (QED) is 0.145. The first-order chi connectivity index (χ1) is 25.8. The molecule has 52 heavy (non-hydrogen) atoms. The zero-order chi connectivity index (χ0) is 34.7. The Balaban J connectivity index is 1.30. The summed E-state index contributed by atoms with van der Waals surface area (Å²) in [6.45, 7) is 0. The minimum atomic E-state index is -3.65. The first-order valence-electron chi connectivity index (χ1n) is 17.7. The molecule has 0 saturated carbocycles. The summed E-state index contributed by atoms with van der Waals surface area (Å²) in [5.74, 6) is 1.80. The van der Waals surface area contributed by atoms with E-state index in [0.717, 1.165) is 45.6 Å². The van der Waals surface area contributed by atoms with Crippen LogP contribution >= 0.6 is 0 Å². The average Bonchev–Trinajstić information content (AvgIpc) is 3.22. The summed E-state index contributed by atoms with van der Waals surface area (Å²) in [6.07, 6.45) is 0. The number of nitrogens with zero attached hydrogens (tertiary/aromatic N) is 2. The Hall–Kier alpha value is -6.30. The van der Waals surface area contributed by atoms with Crippen LogP contribution in [0.15, 0.2) is 218 Å². The summed E-state index contributed by atoms with van der Waals surface area (Å²) in [5.41, 5.74) is 6.45. The number of rotatable bonds is 8. The molecule has 0 saturated heterocycles. The first-order valence-corrected chi connectivity index (χ1v) is 21.9. The number of benzene rings is 8. The molecule has 1 aliphatic rings. The van der Waals surface area contributed by atoms with Gasteiger partial charge in [0.2, 0.25) is 0 Å². The van der Waals surface area contributed by atoms with Gasteiger partial charge in [-0.05, 0) is 0 Å². The summed E-state index contributed by atoms with van der Waals surface area (Å²) >= 11 is -3.65. The molecule has 0 spiro atoms. The minimum absolute atomic E-state index is 0.901. The fraction of sp³-hybridized carbons (Fsp3) is 0. The van der Waals surface area contributed by atoms with Gasteiger partial charge in [0, 0.05) is 0 Å². The standard InChI is InChI=1S/C48H36GeN2O/c1-7-19-37(20-8-1)49(38-21-9-2-10-22-38)45-33-31-43(50(39-23-11-3-12-24-39)40-25-13-4-14-26-40)35-47(45)52-48-36-44(32-34-46(48)49)51(41-27-15-5-16-28-41)42-29-17-6-18-30-42/h1-36H. The summed E-state index contributed by atoms with van der Waals surface area (Å²) in [5, 5.41) is 0. The van der Waals surface area contributed by atoms with Crippen LogP contribution < -0.4 is 32.1 Å². The van der Waals surface area contributed by atoms with E-state index in [1.165, 1.54) is 17.6 Å². The van der Waals surface area contributed by atoms with Crippen LogP contribution in [0.4, 0.5) is 34.1 Å². The number of hydrogen-bond acceptors (Lipinski definition) is 3. The number of fused-ring (bicyclic) bond motifs is 2. The molecule has 1 heterocycles. The van der Waals surface area contributed by atoms with Crippen LogP contribution in [-0.4, -0.2) is 13.3 Å². The Morgan fingerprint density at radius 1 is 0.288 bits per heavy atom. The van der Waals surface area contributed by atoms with Gasteiger partial charge in [0.05, 0.1) is 0 Å². The second-order valence-corrected chi connectivity index (χ2v) is 20.8. The van der Waals surface area contributed by atoms with E-state index in [0.29, 0.717) is 0 Å². The van der Waals surface area contributed by atoms with Crippen molar-refractivity contribution in [2.45, 2.75) is 0 Å². The Morgan fingerprint density at radius 3 is 0.885 bits per heavy atom. The van der Waals surface area contributed by atoms with E-state index >= 15 is 0 Å². The van der Waals surface area contributed by atoms with Gasteiger partial charge in [0.25, 0.3) is 0 Å². The number of hydrogen-bond donors (Lipinski definition) is 0. The second kappa shape index (κ2) is 13.8. The van der Waals surface area contributed by atoms with Crippen molar-refractivity contribution in [1.29, 1.82) is 0 Å². The Morgan fingerprint density at radius 2 is 0.577 bits per heavy atom. The molecule has 0 bridgehead atoms.